The van der Waals surface area contributed by atoms with Gasteiger partial charge in [0.1, 0.15) is 11.6 Å². The van der Waals surface area contributed by atoms with Crippen molar-refractivity contribution in [1.29, 1.82) is 0 Å². The number of halogens is 2. The molecule has 0 spiro atoms. The van der Waals surface area contributed by atoms with Crippen molar-refractivity contribution < 1.29 is 95.4 Å². The summed E-state index contributed by atoms with van der Waals surface area (Å²) in [5, 5.41) is 40.5. The first kappa shape index (κ1) is 55.7. The summed E-state index contributed by atoms with van der Waals surface area (Å²) in [6.45, 7) is 16.9. The molecule has 60 heavy (non-hydrogen) atoms. The zero-order valence-corrected chi connectivity index (χ0v) is 38.4. The summed E-state index contributed by atoms with van der Waals surface area (Å²) in [4.78, 5) is 41.6. The predicted octanol–water partition coefficient (Wildman–Crippen LogP) is 1.43. The molecule has 0 aliphatic heterocycles. The molecule has 4 N–H and O–H groups in total. The van der Waals surface area contributed by atoms with Crippen molar-refractivity contribution >= 4 is 37.8 Å². The SMILES string of the molecule is CC1(C)CC(c2ccc(F)cc2)=C(C=CP(=O)(O)C[C@@H](O)CC(=O)[O-])C(C)(C)C1.CC1(C)CC(c2ccc(F)cc2)=C(C=CP(=O)(O)C[C@@H](O)CC(=O)[O-])C(C)(C)C1.[Li+].[Li+]. The van der Waals surface area contributed by atoms with Crippen LogP contribution in [0.15, 0.2) is 83.5 Å². The zero-order valence-electron chi connectivity index (χ0n) is 36.6. The van der Waals surface area contributed by atoms with Gasteiger partial charge in [0.05, 0.1) is 24.5 Å². The average molecular weight is 861 g/mol. The van der Waals surface area contributed by atoms with E-state index in [-0.39, 0.29) is 71.0 Å². The molecule has 10 nitrogen and oxygen atoms in total. The van der Waals surface area contributed by atoms with Gasteiger partial charge in [0, 0.05) is 36.4 Å². The van der Waals surface area contributed by atoms with Crippen LogP contribution in [0.25, 0.3) is 11.1 Å². The number of rotatable bonds is 14. The van der Waals surface area contributed by atoms with Gasteiger partial charge in [0.25, 0.3) is 0 Å². The molecule has 2 aliphatic rings. The van der Waals surface area contributed by atoms with Crippen LogP contribution < -0.4 is 47.9 Å². The van der Waals surface area contributed by atoms with Crippen LogP contribution in [0.2, 0.25) is 0 Å². The van der Waals surface area contributed by atoms with E-state index in [9.17, 15) is 57.7 Å². The summed E-state index contributed by atoms with van der Waals surface area (Å²) in [7, 11) is -7.80. The van der Waals surface area contributed by atoms with Gasteiger partial charge in [0.15, 0.2) is 0 Å². The number of aliphatic hydroxyl groups excluding tert-OH is 2. The maximum Gasteiger partial charge on any atom is 1.00 e. The first-order valence-electron chi connectivity index (χ1n) is 19.2. The molecule has 2 aliphatic carbocycles. The zero-order chi connectivity index (χ0) is 44.1. The third kappa shape index (κ3) is 17.5. The van der Waals surface area contributed by atoms with Crippen LogP contribution in [0.5, 0.6) is 0 Å². The molecule has 0 bridgehead atoms. The smallest absolute Gasteiger partial charge is 0.550 e. The van der Waals surface area contributed by atoms with Gasteiger partial charge in [-0.25, -0.2) is 8.78 Å². The average Bonchev–Trinajstić information content (AvgIpc) is 3.01. The molecule has 16 heteroatoms. The molecule has 0 fully saturated rings. The number of carbonyl (C=O) groups is 2. The Kier molecular flexibility index (Phi) is 20.3. The topological polar surface area (TPSA) is 195 Å². The Balaban J connectivity index is 0.000000581. The largest absolute Gasteiger partial charge is 1.00 e. The summed E-state index contributed by atoms with van der Waals surface area (Å²) in [6, 6.07) is 12.4. The van der Waals surface area contributed by atoms with Gasteiger partial charge in [0.2, 0.25) is 14.7 Å². The van der Waals surface area contributed by atoms with Crippen LogP contribution in [0.4, 0.5) is 8.78 Å². The summed E-state index contributed by atoms with van der Waals surface area (Å²) in [5.41, 5.74) is 4.84. The Hall–Kier alpha value is -2.31. The Bertz CT molecular complexity index is 1890. The van der Waals surface area contributed by atoms with E-state index in [0.29, 0.717) is 0 Å². The second-order valence-electron chi connectivity index (χ2n) is 18.6. The number of hydrogen-bond donors (Lipinski definition) is 4. The van der Waals surface area contributed by atoms with Gasteiger partial charge in [-0.1, -0.05) is 91.8 Å². The van der Waals surface area contributed by atoms with Crippen molar-refractivity contribution in [3.8, 4) is 0 Å². The fourth-order valence-corrected chi connectivity index (χ4v) is 11.2. The van der Waals surface area contributed by atoms with Gasteiger partial charge in [-0.05, 0) is 105 Å². The molecule has 2 aromatic carbocycles. The van der Waals surface area contributed by atoms with Crippen LogP contribution in [-0.4, -0.2) is 56.5 Å². The van der Waals surface area contributed by atoms with E-state index < -0.39 is 64.0 Å². The van der Waals surface area contributed by atoms with Crippen LogP contribution in [0, 0.1) is 33.3 Å². The molecule has 2 unspecified atom stereocenters. The first-order valence-corrected chi connectivity index (χ1v) is 23.0. The Morgan fingerprint density at radius 1 is 0.633 bits per heavy atom. The first-order chi connectivity index (χ1) is 26.4. The number of aliphatic carboxylic acids is 2. The Labute approximate surface area is 377 Å². The van der Waals surface area contributed by atoms with E-state index in [2.05, 4.69) is 55.4 Å². The molecular weight excluding hydrogens is 802 g/mol. The van der Waals surface area contributed by atoms with Gasteiger partial charge >= 0.3 is 37.7 Å². The predicted molar refractivity (Wildman–Crippen MR) is 219 cm³/mol. The van der Waals surface area contributed by atoms with Gasteiger partial charge in [-0.2, -0.15) is 0 Å². The summed E-state index contributed by atoms with van der Waals surface area (Å²) >= 11 is 0. The van der Waals surface area contributed by atoms with Crippen molar-refractivity contribution in [3.05, 3.63) is 106 Å². The second kappa shape index (κ2) is 21.9. The third-order valence-electron chi connectivity index (χ3n) is 10.3. The molecule has 0 saturated heterocycles. The van der Waals surface area contributed by atoms with E-state index in [1.807, 2.05) is 0 Å². The molecule has 0 amide bonds. The second-order valence-corrected chi connectivity index (χ2v) is 22.9. The molecule has 0 aromatic heterocycles. The normalized spacial score (nSPS) is 21.0. The fraction of sp³-hybridized carbons (Fsp3) is 0.500. The fourth-order valence-electron chi connectivity index (χ4n) is 8.76. The van der Waals surface area contributed by atoms with Crippen LogP contribution in [0.3, 0.4) is 0 Å². The van der Waals surface area contributed by atoms with E-state index >= 15 is 0 Å². The standard InChI is InChI=1S/2C22H30FO5P.2Li/c2*1-21(2)12-18(15-5-7-16(23)8-6-15)19(22(3,4)14-21)9-10-29(27,28)13-17(24)11-20(25)26;;/h2*5-10,17,24H,11-14H2,1-4H3,(H,25,26)(H,27,28);;/q;;2*+1/p-2/t2*17-;;/m00../s1. The van der Waals surface area contributed by atoms with Gasteiger partial charge in [-0.15, -0.1) is 0 Å². The number of hydrogen-bond acceptors (Lipinski definition) is 8. The van der Waals surface area contributed by atoms with E-state index in [0.717, 1.165) is 59.1 Å². The molecule has 0 heterocycles. The maximum atomic E-state index is 13.4. The van der Waals surface area contributed by atoms with E-state index in [4.69, 9.17) is 0 Å². The number of carboxylic acids is 2. The summed E-state index contributed by atoms with van der Waals surface area (Å²) < 4.78 is 51.8. The minimum atomic E-state index is -3.90. The van der Waals surface area contributed by atoms with Gasteiger partial charge < -0.3 is 39.8 Å². The van der Waals surface area contributed by atoms with Crippen LogP contribution >= 0.6 is 14.7 Å². The molecule has 4 rings (SSSR count). The Morgan fingerprint density at radius 3 is 1.18 bits per heavy atom. The number of benzene rings is 2. The monoisotopic (exact) mass is 860 g/mol. The van der Waals surface area contributed by atoms with Crippen LogP contribution in [-0.2, 0) is 18.7 Å². The summed E-state index contributed by atoms with van der Waals surface area (Å²) in [5.74, 6) is -1.27. The number of allylic oxidation sites excluding steroid dienone is 6. The van der Waals surface area contributed by atoms with Crippen molar-refractivity contribution in [2.75, 3.05) is 12.3 Å². The number of carbonyl (C=O) groups excluding carboxylic acids is 2. The number of carboxylic acid groups (broad SMARTS) is 2. The minimum absolute atomic E-state index is 0. The van der Waals surface area contributed by atoms with E-state index in [1.54, 1.807) is 36.4 Å². The third-order valence-corrected chi connectivity index (χ3v) is 13.5. The van der Waals surface area contributed by atoms with Crippen LogP contribution in [0.1, 0.15) is 105 Å². The molecule has 0 saturated carbocycles. The Morgan fingerprint density at radius 2 is 0.917 bits per heavy atom. The quantitative estimate of drug-likeness (QED) is 0.160. The molecule has 0 radical (unpaired) electrons. The van der Waals surface area contributed by atoms with Crippen molar-refractivity contribution in [1.82, 2.24) is 0 Å². The van der Waals surface area contributed by atoms with Crippen molar-refractivity contribution in [2.24, 2.45) is 21.7 Å². The maximum absolute atomic E-state index is 13.4. The molecule has 4 atom stereocenters. The number of aliphatic hydroxyl groups is 2. The minimum Gasteiger partial charge on any atom is -0.550 e. The molecule has 320 valence electrons. The van der Waals surface area contributed by atoms with Crippen molar-refractivity contribution in [2.45, 2.75) is 106 Å². The molecule has 2 aromatic rings. The van der Waals surface area contributed by atoms with E-state index in [1.165, 1.54) is 35.9 Å². The molecular formula is C44H58F2Li2O10P2. The van der Waals surface area contributed by atoms with Crippen molar-refractivity contribution in [3.63, 3.8) is 0 Å². The van der Waals surface area contributed by atoms with Gasteiger partial charge in [-0.3, -0.25) is 9.13 Å². The summed E-state index contributed by atoms with van der Waals surface area (Å²) in [6.07, 6.45) is 0.986.